The van der Waals surface area contributed by atoms with Gasteiger partial charge >= 0.3 is 0 Å². The lowest BCUT2D eigenvalue weighted by atomic mass is 9.89. The molecule has 0 bridgehead atoms. The van der Waals surface area contributed by atoms with Gasteiger partial charge in [0.25, 0.3) is 17.7 Å². The molecule has 138 valence electrons. The number of amides is 3. The number of benzene rings is 2. The van der Waals surface area contributed by atoms with Gasteiger partial charge in [-0.25, -0.2) is 0 Å². The van der Waals surface area contributed by atoms with E-state index in [1.165, 1.54) is 4.90 Å². The van der Waals surface area contributed by atoms with E-state index in [0.29, 0.717) is 11.1 Å². The molecule has 1 aliphatic rings. The van der Waals surface area contributed by atoms with Gasteiger partial charge in [0.05, 0.1) is 0 Å². The van der Waals surface area contributed by atoms with Gasteiger partial charge in [0, 0.05) is 24.2 Å². The summed E-state index contributed by atoms with van der Waals surface area (Å²) in [6, 6.07) is 17.6. The van der Waals surface area contributed by atoms with Crippen LogP contribution in [-0.2, 0) is 4.79 Å². The van der Waals surface area contributed by atoms with Crippen molar-refractivity contribution in [2.45, 2.75) is 18.9 Å². The zero-order valence-corrected chi connectivity index (χ0v) is 15.3. The van der Waals surface area contributed by atoms with Crippen molar-refractivity contribution in [2.24, 2.45) is 0 Å². The van der Waals surface area contributed by atoms with Gasteiger partial charge in [0.2, 0.25) is 0 Å². The quantitative estimate of drug-likeness (QED) is 0.620. The molecule has 3 rings (SSSR count). The Balaban J connectivity index is 1.92. The summed E-state index contributed by atoms with van der Waals surface area (Å²) in [7, 11) is 0. The molecule has 1 unspecified atom stereocenters. The van der Waals surface area contributed by atoms with Crippen molar-refractivity contribution >= 4 is 17.7 Å². The van der Waals surface area contributed by atoms with E-state index in [4.69, 9.17) is 0 Å². The van der Waals surface area contributed by atoms with E-state index in [1.54, 1.807) is 66.4 Å². The SMILES string of the molecule is C=CCC1(C)C(=O)N(C(=O)c2ccccc2)CCN1C(=O)c1ccccc1. The maximum absolute atomic E-state index is 13.3. The van der Waals surface area contributed by atoms with E-state index in [9.17, 15) is 14.4 Å². The number of hydrogen-bond donors (Lipinski definition) is 0. The Bertz CT molecular complexity index is 864. The highest BCUT2D eigenvalue weighted by Crippen LogP contribution is 2.29. The number of carbonyl (C=O) groups is 3. The fraction of sp³-hybridized carbons (Fsp3) is 0.227. The van der Waals surface area contributed by atoms with Crippen molar-refractivity contribution in [3.05, 3.63) is 84.4 Å². The number of nitrogens with zero attached hydrogens (tertiary/aromatic N) is 2. The van der Waals surface area contributed by atoms with Crippen molar-refractivity contribution in [1.29, 1.82) is 0 Å². The fourth-order valence-corrected chi connectivity index (χ4v) is 3.43. The Labute approximate surface area is 158 Å². The zero-order valence-electron chi connectivity index (χ0n) is 15.3. The molecule has 0 saturated carbocycles. The Morgan fingerprint density at radius 2 is 1.48 bits per heavy atom. The van der Waals surface area contributed by atoms with Gasteiger partial charge in [-0.1, -0.05) is 42.5 Å². The van der Waals surface area contributed by atoms with Crippen LogP contribution in [-0.4, -0.2) is 46.1 Å². The second-order valence-electron chi connectivity index (χ2n) is 6.72. The molecule has 0 aromatic heterocycles. The minimum Gasteiger partial charge on any atom is -0.322 e. The Hall–Kier alpha value is -3.21. The largest absolute Gasteiger partial charge is 0.322 e. The first-order valence-corrected chi connectivity index (χ1v) is 8.88. The lowest BCUT2D eigenvalue weighted by Crippen LogP contribution is -2.66. The van der Waals surface area contributed by atoms with Crippen molar-refractivity contribution in [2.75, 3.05) is 13.1 Å². The van der Waals surface area contributed by atoms with Crippen LogP contribution in [0.2, 0.25) is 0 Å². The van der Waals surface area contributed by atoms with Crippen molar-refractivity contribution < 1.29 is 14.4 Å². The molecular weight excluding hydrogens is 340 g/mol. The first-order valence-electron chi connectivity index (χ1n) is 8.88. The lowest BCUT2D eigenvalue weighted by Gasteiger charge is -2.46. The van der Waals surface area contributed by atoms with Gasteiger partial charge in [0.1, 0.15) is 5.54 Å². The highest BCUT2D eigenvalue weighted by molar-refractivity contribution is 6.09. The van der Waals surface area contributed by atoms with Gasteiger partial charge < -0.3 is 4.90 Å². The third-order valence-electron chi connectivity index (χ3n) is 4.92. The summed E-state index contributed by atoms with van der Waals surface area (Å²) in [5.41, 5.74) is -0.185. The van der Waals surface area contributed by atoms with Crippen molar-refractivity contribution in [3.8, 4) is 0 Å². The summed E-state index contributed by atoms with van der Waals surface area (Å²) in [5, 5.41) is 0. The van der Waals surface area contributed by atoms with Crippen LogP contribution >= 0.6 is 0 Å². The number of imide groups is 1. The fourth-order valence-electron chi connectivity index (χ4n) is 3.43. The molecule has 0 radical (unpaired) electrons. The number of piperazine rings is 1. The average molecular weight is 362 g/mol. The average Bonchev–Trinajstić information content (AvgIpc) is 2.71. The van der Waals surface area contributed by atoms with E-state index < -0.39 is 5.54 Å². The van der Waals surface area contributed by atoms with E-state index in [0.717, 1.165) is 0 Å². The predicted molar refractivity (Wildman–Crippen MR) is 103 cm³/mol. The van der Waals surface area contributed by atoms with Crippen LogP contribution in [0.25, 0.3) is 0 Å². The molecule has 0 aliphatic carbocycles. The first kappa shape index (κ1) is 18.6. The van der Waals surface area contributed by atoms with Crippen LogP contribution in [0.1, 0.15) is 34.1 Å². The Kier molecular flexibility index (Phi) is 5.21. The van der Waals surface area contributed by atoms with E-state index >= 15 is 0 Å². The maximum Gasteiger partial charge on any atom is 0.260 e. The summed E-state index contributed by atoms with van der Waals surface area (Å²) in [6.07, 6.45) is 1.88. The van der Waals surface area contributed by atoms with Crippen LogP contribution in [0.5, 0.6) is 0 Å². The summed E-state index contributed by atoms with van der Waals surface area (Å²) in [6.45, 7) is 5.88. The van der Waals surface area contributed by atoms with Crippen LogP contribution in [0, 0.1) is 0 Å². The van der Waals surface area contributed by atoms with Crippen LogP contribution < -0.4 is 0 Å². The van der Waals surface area contributed by atoms with Crippen molar-refractivity contribution in [3.63, 3.8) is 0 Å². The van der Waals surface area contributed by atoms with E-state index in [2.05, 4.69) is 6.58 Å². The summed E-state index contributed by atoms with van der Waals surface area (Å²) < 4.78 is 0. The minimum atomic E-state index is -1.16. The molecule has 0 spiro atoms. The lowest BCUT2D eigenvalue weighted by molar-refractivity contribution is -0.144. The summed E-state index contributed by atoms with van der Waals surface area (Å²) in [4.78, 5) is 41.9. The first-order chi connectivity index (χ1) is 13.0. The molecule has 5 heteroatoms. The Morgan fingerprint density at radius 3 is 2.00 bits per heavy atom. The van der Waals surface area contributed by atoms with Crippen LogP contribution in [0.4, 0.5) is 0 Å². The third kappa shape index (κ3) is 3.40. The second kappa shape index (κ2) is 7.58. The van der Waals surface area contributed by atoms with Crippen LogP contribution in [0.15, 0.2) is 73.3 Å². The molecule has 2 aromatic rings. The standard InChI is InChI=1S/C22H22N2O3/c1-3-14-22(2)21(27)23(19(25)17-10-6-4-7-11-17)15-16-24(22)20(26)18-12-8-5-9-13-18/h3-13H,1,14-16H2,2H3. The van der Waals surface area contributed by atoms with E-state index in [1.807, 2.05) is 12.1 Å². The molecule has 1 saturated heterocycles. The highest BCUT2D eigenvalue weighted by Gasteiger charge is 2.48. The molecule has 27 heavy (non-hydrogen) atoms. The molecule has 3 amide bonds. The van der Waals surface area contributed by atoms with Gasteiger partial charge in [0.15, 0.2) is 0 Å². The van der Waals surface area contributed by atoms with Gasteiger partial charge in [-0.15, -0.1) is 6.58 Å². The zero-order chi connectivity index (χ0) is 19.4. The Morgan fingerprint density at radius 1 is 0.963 bits per heavy atom. The number of hydrogen-bond acceptors (Lipinski definition) is 3. The highest BCUT2D eigenvalue weighted by atomic mass is 16.2. The second-order valence-corrected chi connectivity index (χ2v) is 6.72. The molecular formula is C22H22N2O3. The molecule has 1 aliphatic heterocycles. The summed E-state index contributed by atoms with van der Waals surface area (Å²) in [5.74, 6) is -0.949. The monoisotopic (exact) mass is 362 g/mol. The molecule has 1 fully saturated rings. The molecule has 0 N–H and O–H groups in total. The topological polar surface area (TPSA) is 57.7 Å². The van der Waals surface area contributed by atoms with E-state index in [-0.39, 0.29) is 37.2 Å². The minimum absolute atomic E-state index is 0.165. The maximum atomic E-state index is 13.3. The van der Waals surface area contributed by atoms with Gasteiger partial charge in [-0.2, -0.15) is 0 Å². The van der Waals surface area contributed by atoms with Gasteiger partial charge in [-0.05, 0) is 37.6 Å². The number of carbonyl (C=O) groups excluding carboxylic acids is 3. The van der Waals surface area contributed by atoms with Crippen molar-refractivity contribution in [1.82, 2.24) is 9.80 Å². The van der Waals surface area contributed by atoms with Gasteiger partial charge in [-0.3, -0.25) is 19.3 Å². The predicted octanol–water partition coefficient (Wildman–Crippen LogP) is 3.15. The normalized spacial score (nSPS) is 19.7. The summed E-state index contributed by atoms with van der Waals surface area (Å²) >= 11 is 0. The third-order valence-corrected chi connectivity index (χ3v) is 4.92. The smallest absolute Gasteiger partial charge is 0.260 e. The number of rotatable bonds is 4. The molecule has 5 nitrogen and oxygen atoms in total. The molecule has 2 aromatic carbocycles. The van der Waals surface area contributed by atoms with Crippen LogP contribution in [0.3, 0.4) is 0 Å². The molecule has 1 heterocycles. The molecule has 1 atom stereocenters.